The fraction of sp³-hybridized carbons (Fsp3) is 0.917. The minimum absolute atomic E-state index is 0.345. The molecular formula is C12H27N5. The molecule has 0 radical (unpaired) electrons. The number of nitrogens with zero attached hydrogens (tertiary/aromatic N) is 2. The molecule has 5 heteroatoms. The van der Waals surface area contributed by atoms with Crippen molar-refractivity contribution in [2.24, 2.45) is 10.8 Å². The van der Waals surface area contributed by atoms with Crippen molar-refractivity contribution in [2.45, 2.75) is 51.6 Å². The van der Waals surface area contributed by atoms with Gasteiger partial charge in [0.25, 0.3) is 0 Å². The first-order valence-electron chi connectivity index (χ1n) is 6.61. The first kappa shape index (κ1) is 14.3. The largest absolute Gasteiger partial charge is 0.353 e. The average Bonchev–Trinajstić information content (AvgIpc) is 2.80. The molecule has 0 bridgehead atoms. The molecular weight excluding hydrogens is 214 g/mol. The third-order valence-corrected chi connectivity index (χ3v) is 3.23. The number of hydrazine groups is 1. The molecule has 0 amide bonds. The second kappa shape index (κ2) is 7.50. The van der Waals surface area contributed by atoms with E-state index in [0.717, 1.165) is 19.1 Å². The number of nitrogens with two attached hydrogens (primary N) is 1. The van der Waals surface area contributed by atoms with Gasteiger partial charge in [0.15, 0.2) is 0 Å². The van der Waals surface area contributed by atoms with Crippen LogP contribution in [0.25, 0.3) is 0 Å². The molecule has 0 aromatic carbocycles. The van der Waals surface area contributed by atoms with Gasteiger partial charge in [0.05, 0.1) is 6.54 Å². The van der Waals surface area contributed by atoms with Crippen molar-refractivity contribution < 1.29 is 0 Å². The lowest BCUT2D eigenvalue weighted by Crippen LogP contribution is -2.45. The second-order valence-corrected chi connectivity index (χ2v) is 5.09. The molecule has 0 aromatic rings. The van der Waals surface area contributed by atoms with E-state index in [1.807, 2.05) is 0 Å². The molecule has 17 heavy (non-hydrogen) atoms. The van der Waals surface area contributed by atoms with Crippen molar-refractivity contribution in [3.63, 3.8) is 0 Å². The van der Waals surface area contributed by atoms with Crippen LogP contribution in [-0.4, -0.2) is 43.1 Å². The summed E-state index contributed by atoms with van der Waals surface area (Å²) in [5, 5.41) is 3.17. The minimum Gasteiger partial charge on any atom is -0.353 e. The fourth-order valence-electron chi connectivity index (χ4n) is 2.25. The minimum atomic E-state index is 0.345. The van der Waals surface area contributed by atoms with E-state index in [4.69, 9.17) is 5.84 Å². The average molecular weight is 241 g/mol. The Balaban J connectivity index is 2.25. The molecule has 0 aromatic heterocycles. The SMILES string of the molecule is CC(C)NC(=NCCN(C)C1CCCC1)NN. The van der Waals surface area contributed by atoms with Crippen molar-refractivity contribution in [2.75, 3.05) is 20.1 Å². The van der Waals surface area contributed by atoms with Gasteiger partial charge in [-0.05, 0) is 33.7 Å². The number of aliphatic imine (C=N–C) groups is 1. The van der Waals surface area contributed by atoms with E-state index in [1.165, 1.54) is 25.7 Å². The summed E-state index contributed by atoms with van der Waals surface area (Å²) >= 11 is 0. The van der Waals surface area contributed by atoms with Crippen LogP contribution < -0.4 is 16.6 Å². The van der Waals surface area contributed by atoms with Gasteiger partial charge in [0.2, 0.25) is 5.96 Å². The highest BCUT2D eigenvalue weighted by atomic mass is 15.3. The molecule has 0 unspecified atom stereocenters. The molecule has 5 nitrogen and oxygen atoms in total. The number of guanidine groups is 1. The zero-order valence-corrected chi connectivity index (χ0v) is 11.4. The first-order chi connectivity index (χ1) is 8.13. The van der Waals surface area contributed by atoms with Gasteiger partial charge in [0, 0.05) is 18.6 Å². The predicted octanol–water partition coefficient (Wildman–Crippen LogP) is 0.678. The van der Waals surface area contributed by atoms with Crippen molar-refractivity contribution >= 4 is 5.96 Å². The van der Waals surface area contributed by atoms with Gasteiger partial charge in [-0.15, -0.1) is 0 Å². The van der Waals surface area contributed by atoms with Gasteiger partial charge in [-0.1, -0.05) is 12.8 Å². The summed E-state index contributed by atoms with van der Waals surface area (Å²) in [7, 11) is 2.19. The van der Waals surface area contributed by atoms with Crippen molar-refractivity contribution in [3.8, 4) is 0 Å². The van der Waals surface area contributed by atoms with E-state index >= 15 is 0 Å². The van der Waals surface area contributed by atoms with Crippen molar-refractivity contribution in [3.05, 3.63) is 0 Å². The summed E-state index contributed by atoms with van der Waals surface area (Å²) in [5.41, 5.74) is 2.60. The summed E-state index contributed by atoms with van der Waals surface area (Å²) in [6.07, 6.45) is 5.43. The van der Waals surface area contributed by atoms with E-state index in [2.05, 4.69) is 41.5 Å². The predicted molar refractivity (Wildman–Crippen MR) is 72.8 cm³/mol. The van der Waals surface area contributed by atoms with Gasteiger partial charge in [-0.3, -0.25) is 10.4 Å². The molecule has 1 fully saturated rings. The van der Waals surface area contributed by atoms with Crippen LogP contribution in [0.3, 0.4) is 0 Å². The quantitative estimate of drug-likeness (QED) is 0.287. The summed E-state index contributed by atoms with van der Waals surface area (Å²) in [5.74, 6) is 6.08. The number of rotatable bonds is 5. The summed E-state index contributed by atoms with van der Waals surface area (Å²) < 4.78 is 0. The Morgan fingerprint density at radius 3 is 2.59 bits per heavy atom. The Bertz CT molecular complexity index is 233. The number of likely N-dealkylation sites (N-methyl/N-ethyl adjacent to an activating group) is 1. The van der Waals surface area contributed by atoms with E-state index < -0.39 is 0 Å². The third kappa shape index (κ3) is 5.37. The maximum absolute atomic E-state index is 5.40. The van der Waals surface area contributed by atoms with Crippen LogP contribution >= 0.6 is 0 Å². The highest BCUT2D eigenvalue weighted by Gasteiger charge is 2.18. The molecule has 0 saturated heterocycles. The summed E-state index contributed by atoms with van der Waals surface area (Å²) in [4.78, 5) is 6.84. The molecule has 0 atom stereocenters. The normalized spacial score (nSPS) is 18.1. The van der Waals surface area contributed by atoms with Crippen molar-refractivity contribution in [1.29, 1.82) is 0 Å². The number of hydrogen-bond donors (Lipinski definition) is 3. The molecule has 0 heterocycles. The fourth-order valence-corrected chi connectivity index (χ4v) is 2.25. The van der Waals surface area contributed by atoms with Crippen molar-refractivity contribution in [1.82, 2.24) is 15.6 Å². The van der Waals surface area contributed by atoms with E-state index in [-0.39, 0.29) is 0 Å². The van der Waals surface area contributed by atoms with Gasteiger partial charge in [0.1, 0.15) is 0 Å². The highest BCUT2D eigenvalue weighted by molar-refractivity contribution is 5.79. The molecule has 1 saturated carbocycles. The first-order valence-corrected chi connectivity index (χ1v) is 6.61. The van der Waals surface area contributed by atoms with Crippen LogP contribution in [0.4, 0.5) is 0 Å². The molecule has 1 aliphatic carbocycles. The highest BCUT2D eigenvalue weighted by Crippen LogP contribution is 2.21. The standard InChI is InChI=1S/C12H27N5/c1-10(2)15-12(16-13)14-8-9-17(3)11-6-4-5-7-11/h10-11H,4-9,13H2,1-3H3,(H2,14,15,16). The van der Waals surface area contributed by atoms with E-state index in [1.54, 1.807) is 0 Å². The second-order valence-electron chi connectivity index (χ2n) is 5.09. The maximum Gasteiger partial charge on any atom is 0.205 e. The Hall–Kier alpha value is -0.810. The van der Waals surface area contributed by atoms with Gasteiger partial charge >= 0.3 is 0 Å². The van der Waals surface area contributed by atoms with Crippen LogP contribution in [0.5, 0.6) is 0 Å². The van der Waals surface area contributed by atoms with E-state index in [0.29, 0.717) is 12.0 Å². The molecule has 4 N–H and O–H groups in total. The summed E-state index contributed by atoms with van der Waals surface area (Å²) in [6.45, 7) is 5.91. The number of hydrogen-bond acceptors (Lipinski definition) is 3. The Morgan fingerprint density at radius 1 is 1.41 bits per heavy atom. The molecule has 0 aliphatic heterocycles. The monoisotopic (exact) mass is 241 g/mol. The van der Waals surface area contributed by atoms with Crippen LogP contribution in [0.1, 0.15) is 39.5 Å². The lowest BCUT2D eigenvalue weighted by atomic mass is 10.2. The van der Waals surface area contributed by atoms with Gasteiger partial charge in [-0.25, -0.2) is 5.84 Å². The summed E-state index contributed by atoms with van der Waals surface area (Å²) in [6, 6.07) is 1.11. The lowest BCUT2D eigenvalue weighted by Gasteiger charge is -2.23. The topological polar surface area (TPSA) is 65.7 Å². The third-order valence-electron chi connectivity index (χ3n) is 3.23. The van der Waals surface area contributed by atoms with Crippen LogP contribution in [-0.2, 0) is 0 Å². The Kier molecular flexibility index (Phi) is 6.29. The Morgan fingerprint density at radius 2 is 2.06 bits per heavy atom. The van der Waals surface area contributed by atoms with Gasteiger partial charge < -0.3 is 10.2 Å². The number of nitrogens with one attached hydrogen (secondary N) is 2. The van der Waals surface area contributed by atoms with Crippen LogP contribution in [0.15, 0.2) is 4.99 Å². The molecule has 1 aliphatic rings. The zero-order valence-electron chi connectivity index (χ0n) is 11.4. The van der Waals surface area contributed by atoms with E-state index in [9.17, 15) is 0 Å². The van der Waals surface area contributed by atoms with Gasteiger partial charge in [-0.2, -0.15) is 0 Å². The van der Waals surface area contributed by atoms with Crippen LogP contribution in [0.2, 0.25) is 0 Å². The molecule has 1 rings (SSSR count). The molecule has 100 valence electrons. The van der Waals surface area contributed by atoms with Crippen LogP contribution in [0, 0.1) is 0 Å². The Labute approximate surface area is 105 Å². The smallest absolute Gasteiger partial charge is 0.205 e. The zero-order chi connectivity index (χ0) is 12.7. The molecule has 0 spiro atoms. The maximum atomic E-state index is 5.40. The lowest BCUT2D eigenvalue weighted by molar-refractivity contribution is 0.252.